The summed E-state index contributed by atoms with van der Waals surface area (Å²) in [4.78, 5) is 5.45. The fourth-order valence-electron chi connectivity index (χ4n) is 1.75. The van der Waals surface area contributed by atoms with Crippen molar-refractivity contribution < 1.29 is 4.74 Å². The van der Waals surface area contributed by atoms with Gasteiger partial charge in [0.2, 0.25) is 0 Å². The number of para-hydroxylation sites is 1. The molecule has 0 radical (unpaired) electrons. The summed E-state index contributed by atoms with van der Waals surface area (Å²) >= 11 is 1.61. The number of thiazole rings is 1. The van der Waals surface area contributed by atoms with Crippen LogP contribution in [0, 0.1) is 0 Å². The summed E-state index contributed by atoms with van der Waals surface area (Å²) in [7, 11) is 0. The number of rotatable bonds is 5. The van der Waals surface area contributed by atoms with Gasteiger partial charge < -0.3 is 10.5 Å². The Morgan fingerprint density at radius 3 is 2.68 bits per heavy atom. The molecule has 0 aliphatic rings. The van der Waals surface area contributed by atoms with Gasteiger partial charge in [0.25, 0.3) is 0 Å². The van der Waals surface area contributed by atoms with Gasteiger partial charge in [0.05, 0.1) is 0 Å². The monoisotopic (exact) mass is 276 g/mol. The lowest BCUT2D eigenvalue weighted by molar-refractivity contribution is 0.302. The maximum atomic E-state index is 6.05. The summed E-state index contributed by atoms with van der Waals surface area (Å²) in [5.74, 6) is 0.939. The minimum Gasteiger partial charge on any atom is -0.486 e. The summed E-state index contributed by atoms with van der Waals surface area (Å²) in [5, 5.41) is 0.958. The predicted molar refractivity (Wildman–Crippen MR) is 79.5 cm³/mol. The van der Waals surface area contributed by atoms with Crippen molar-refractivity contribution in [2.45, 2.75) is 39.3 Å². The molecule has 1 heterocycles. The molecular formula is C15H20N2OS. The summed E-state index contributed by atoms with van der Waals surface area (Å²) < 4.78 is 5.85. The van der Waals surface area contributed by atoms with Gasteiger partial charge in [-0.15, -0.1) is 11.3 Å². The lowest BCUT2D eigenvalue weighted by Crippen LogP contribution is -2.27. The van der Waals surface area contributed by atoms with Crippen molar-refractivity contribution in [3.63, 3.8) is 0 Å². The molecule has 0 atom stereocenters. The molecule has 2 N–H and O–H groups in total. The van der Waals surface area contributed by atoms with Gasteiger partial charge in [-0.3, -0.25) is 0 Å². The molecule has 0 bridgehead atoms. The maximum Gasteiger partial charge on any atom is 0.140 e. The zero-order chi connectivity index (χ0) is 13.9. The van der Waals surface area contributed by atoms with Crippen molar-refractivity contribution in [3.05, 3.63) is 45.9 Å². The smallest absolute Gasteiger partial charge is 0.140 e. The van der Waals surface area contributed by atoms with E-state index >= 15 is 0 Å². The van der Waals surface area contributed by atoms with Gasteiger partial charge in [-0.2, -0.15) is 0 Å². The highest BCUT2D eigenvalue weighted by Crippen LogP contribution is 2.25. The van der Waals surface area contributed by atoms with Crippen LogP contribution in [0.15, 0.2) is 30.5 Å². The molecule has 4 heteroatoms. The molecule has 2 aromatic rings. The van der Waals surface area contributed by atoms with E-state index in [1.165, 1.54) is 5.56 Å². The first-order chi connectivity index (χ1) is 9.00. The van der Waals surface area contributed by atoms with E-state index in [2.05, 4.69) is 18.0 Å². The molecule has 0 unspecified atom stereocenters. The van der Waals surface area contributed by atoms with Crippen LogP contribution in [0.5, 0.6) is 5.75 Å². The largest absolute Gasteiger partial charge is 0.486 e. The highest BCUT2D eigenvalue weighted by molar-refractivity contribution is 7.11. The summed E-state index contributed by atoms with van der Waals surface area (Å²) in [5.41, 5.74) is 6.94. The van der Waals surface area contributed by atoms with Crippen molar-refractivity contribution in [2.75, 3.05) is 0 Å². The SMILES string of the molecule is CCc1ccccc1OCc1ncc(C(C)(C)N)s1. The Kier molecular flexibility index (Phi) is 4.22. The number of ether oxygens (including phenoxy) is 1. The molecule has 1 aromatic heterocycles. The average molecular weight is 276 g/mol. The zero-order valence-corrected chi connectivity index (χ0v) is 12.5. The number of benzene rings is 1. The second kappa shape index (κ2) is 5.72. The number of nitrogens with zero attached hydrogens (tertiary/aromatic N) is 1. The average Bonchev–Trinajstić information content (AvgIpc) is 2.85. The van der Waals surface area contributed by atoms with Gasteiger partial charge in [-0.1, -0.05) is 25.1 Å². The highest BCUT2D eigenvalue weighted by Gasteiger charge is 2.17. The van der Waals surface area contributed by atoms with Crippen molar-refractivity contribution in [2.24, 2.45) is 5.73 Å². The second-order valence-corrected chi connectivity index (χ2v) is 6.21. The fourth-order valence-corrected chi connectivity index (χ4v) is 2.60. The molecule has 0 saturated carbocycles. The Bertz CT molecular complexity index is 543. The first-order valence-electron chi connectivity index (χ1n) is 6.45. The van der Waals surface area contributed by atoms with E-state index in [0.29, 0.717) is 6.61 Å². The van der Waals surface area contributed by atoms with Crippen molar-refractivity contribution in [3.8, 4) is 5.75 Å². The second-order valence-electron chi connectivity index (χ2n) is 5.09. The van der Waals surface area contributed by atoms with Crippen molar-refractivity contribution >= 4 is 11.3 Å². The summed E-state index contributed by atoms with van der Waals surface area (Å²) in [6.45, 7) is 6.59. The molecule has 19 heavy (non-hydrogen) atoms. The number of hydrogen-bond acceptors (Lipinski definition) is 4. The molecule has 0 amide bonds. The topological polar surface area (TPSA) is 48.1 Å². The Morgan fingerprint density at radius 1 is 1.32 bits per heavy atom. The van der Waals surface area contributed by atoms with Crippen LogP contribution in [0.25, 0.3) is 0 Å². The first-order valence-corrected chi connectivity index (χ1v) is 7.27. The summed E-state index contributed by atoms with van der Waals surface area (Å²) in [6, 6.07) is 8.11. The number of hydrogen-bond donors (Lipinski definition) is 1. The Labute approximate surface area is 118 Å². The Balaban J connectivity index is 2.05. The normalized spacial score (nSPS) is 11.6. The van der Waals surface area contributed by atoms with Crippen LogP contribution in [0.1, 0.15) is 36.2 Å². The van der Waals surface area contributed by atoms with E-state index in [1.54, 1.807) is 11.3 Å². The third kappa shape index (κ3) is 3.55. The van der Waals surface area contributed by atoms with E-state index < -0.39 is 0 Å². The number of aromatic nitrogens is 1. The minimum absolute atomic E-state index is 0.336. The molecule has 2 rings (SSSR count). The van der Waals surface area contributed by atoms with Crippen LogP contribution in [-0.4, -0.2) is 4.98 Å². The van der Waals surface area contributed by atoms with Crippen LogP contribution < -0.4 is 10.5 Å². The lowest BCUT2D eigenvalue weighted by Gasteiger charge is -2.14. The van der Waals surface area contributed by atoms with Crippen LogP contribution >= 0.6 is 11.3 Å². The molecule has 1 aromatic carbocycles. The van der Waals surface area contributed by atoms with Crippen LogP contribution in [0.3, 0.4) is 0 Å². The van der Waals surface area contributed by atoms with E-state index in [9.17, 15) is 0 Å². The van der Waals surface area contributed by atoms with Gasteiger partial charge >= 0.3 is 0 Å². The van der Waals surface area contributed by atoms with Gasteiger partial charge in [0, 0.05) is 16.6 Å². The van der Waals surface area contributed by atoms with Crippen LogP contribution in [-0.2, 0) is 18.6 Å². The molecule has 0 fully saturated rings. The number of aryl methyl sites for hydroxylation is 1. The highest BCUT2D eigenvalue weighted by atomic mass is 32.1. The fraction of sp³-hybridized carbons (Fsp3) is 0.400. The molecule has 0 aliphatic heterocycles. The van der Waals surface area contributed by atoms with Gasteiger partial charge in [0.15, 0.2) is 0 Å². The molecule has 3 nitrogen and oxygen atoms in total. The van der Waals surface area contributed by atoms with Gasteiger partial charge in [0.1, 0.15) is 17.4 Å². The predicted octanol–water partition coefficient (Wildman–Crippen LogP) is 3.48. The lowest BCUT2D eigenvalue weighted by atomic mass is 10.1. The van der Waals surface area contributed by atoms with Crippen molar-refractivity contribution in [1.82, 2.24) is 4.98 Å². The molecular weight excluding hydrogens is 256 g/mol. The first kappa shape index (κ1) is 14.0. The molecule has 0 saturated heterocycles. The van der Waals surface area contributed by atoms with Crippen LogP contribution in [0.2, 0.25) is 0 Å². The Morgan fingerprint density at radius 2 is 2.05 bits per heavy atom. The van der Waals surface area contributed by atoms with E-state index in [4.69, 9.17) is 10.5 Å². The standard InChI is InChI=1S/C15H20N2OS/c1-4-11-7-5-6-8-12(11)18-10-14-17-9-13(19-14)15(2,3)16/h5-9H,4,10,16H2,1-3H3. The number of nitrogens with two attached hydrogens (primary N) is 1. The third-order valence-corrected chi connectivity index (χ3v) is 4.20. The summed E-state index contributed by atoms with van der Waals surface area (Å²) in [6.07, 6.45) is 2.81. The minimum atomic E-state index is -0.336. The van der Waals surface area contributed by atoms with E-state index in [1.807, 2.05) is 38.2 Å². The van der Waals surface area contributed by atoms with Gasteiger partial charge in [-0.05, 0) is 31.9 Å². The van der Waals surface area contributed by atoms with E-state index in [0.717, 1.165) is 22.1 Å². The maximum absolute atomic E-state index is 6.05. The quantitative estimate of drug-likeness (QED) is 0.909. The zero-order valence-electron chi connectivity index (χ0n) is 11.6. The van der Waals surface area contributed by atoms with Gasteiger partial charge in [-0.25, -0.2) is 4.98 Å². The third-order valence-electron chi connectivity index (χ3n) is 2.89. The van der Waals surface area contributed by atoms with Crippen LogP contribution in [0.4, 0.5) is 0 Å². The Hall–Kier alpha value is -1.39. The molecule has 102 valence electrons. The molecule has 0 aliphatic carbocycles. The molecule has 0 spiro atoms. The van der Waals surface area contributed by atoms with Crippen molar-refractivity contribution in [1.29, 1.82) is 0 Å². The van der Waals surface area contributed by atoms with E-state index in [-0.39, 0.29) is 5.54 Å².